The molecule has 1 aliphatic heterocycles. The summed E-state index contributed by atoms with van der Waals surface area (Å²) in [6, 6.07) is 8.42. The van der Waals surface area contributed by atoms with Gasteiger partial charge in [0.15, 0.2) is 5.96 Å². The van der Waals surface area contributed by atoms with E-state index in [0.29, 0.717) is 18.5 Å². The Balaban J connectivity index is 0.00000480. The summed E-state index contributed by atoms with van der Waals surface area (Å²) in [5.74, 6) is 2.19. The number of likely N-dealkylation sites (tertiary alicyclic amines) is 1. The Bertz CT molecular complexity index is 686. The molecule has 1 aromatic rings. The fourth-order valence-electron chi connectivity index (χ4n) is 3.83. The SMILES string of the molecule is CCNC(=NCC(C)Oc1cccc(C)c1)NC1CCN(C(=O)C(CC)CC)CC1.I. The zero-order chi connectivity index (χ0) is 21.9. The molecule has 1 aliphatic rings. The smallest absolute Gasteiger partial charge is 0.225 e. The highest BCUT2D eigenvalue weighted by atomic mass is 127. The third-order valence-electron chi connectivity index (χ3n) is 5.66. The molecule has 31 heavy (non-hydrogen) atoms. The van der Waals surface area contributed by atoms with Gasteiger partial charge in [-0.1, -0.05) is 26.0 Å². The lowest BCUT2D eigenvalue weighted by Crippen LogP contribution is -2.50. The number of guanidine groups is 1. The largest absolute Gasteiger partial charge is 0.489 e. The molecule has 0 radical (unpaired) electrons. The predicted molar refractivity (Wildman–Crippen MR) is 139 cm³/mol. The summed E-state index contributed by atoms with van der Waals surface area (Å²) in [6.45, 7) is 13.4. The summed E-state index contributed by atoms with van der Waals surface area (Å²) in [5.41, 5.74) is 1.19. The maximum Gasteiger partial charge on any atom is 0.225 e. The van der Waals surface area contributed by atoms with E-state index in [1.54, 1.807) is 0 Å². The Kier molecular flexibility index (Phi) is 12.9. The van der Waals surface area contributed by atoms with Crippen molar-refractivity contribution in [3.63, 3.8) is 0 Å². The van der Waals surface area contributed by atoms with Crippen LogP contribution in [-0.2, 0) is 4.79 Å². The predicted octanol–water partition coefficient (Wildman–Crippen LogP) is 4.36. The van der Waals surface area contributed by atoms with E-state index in [9.17, 15) is 4.79 Å². The minimum Gasteiger partial charge on any atom is -0.489 e. The summed E-state index contributed by atoms with van der Waals surface area (Å²) >= 11 is 0. The normalized spacial score (nSPS) is 15.9. The molecule has 1 heterocycles. The van der Waals surface area contributed by atoms with Crippen LogP contribution in [0, 0.1) is 12.8 Å². The summed E-state index contributed by atoms with van der Waals surface area (Å²) < 4.78 is 5.99. The van der Waals surface area contributed by atoms with Gasteiger partial charge in [-0.3, -0.25) is 4.79 Å². The van der Waals surface area contributed by atoms with Crippen LogP contribution in [0.1, 0.15) is 58.9 Å². The number of aliphatic imine (C=N–C) groups is 1. The van der Waals surface area contributed by atoms with Crippen molar-refractivity contribution in [2.24, 2.45) is 10.9 Å². The Morgan fingerprint density at radius 2 is 1.90 bits per heavy atom. The van der Waals surface area contributed by atoms with Crippen LogP contribution >= 0.6 is 24.0 Å². The number of halogens is 1. The number of hydrogen-bond acceptors (Lipinski definition) is 3. The molecule has 1 fully saturated rings. The number of rotatable bonds is 9. The second kappa shape index (κ2) is 14.5. The van der Waals surface area contributed by atoms with Crippen molar-refractivity contribution in [2.75, 3.05) is 26.2 Å². The van der Waals surface area contributed by atoms with E-state index < -0.39 is 0 Å². The molecule has 0 aromatic heterocycles. The van der Waals surface area contributed by atoms with E-state index in [1.165, 1.54) is 5.56 Å². The fraction of sp³-hybridized carbons (Fsp3) is 0.667. The average molecular weight is 545 g/mol. The number of ether oxygens (including phenoxy) is 1. The molecule has 0 bridgehead atoms. The van der Waals surface area contributed by atoms with Crippen LogP contribution in [0.15, 0.2) is 29.3 Å². The lowest BCUT2D eigenvalue weighted by molar-refractivity contribution is -0.136. The fourth-order valence-corrected chi connectivity index (χ4v) is 3.83. The van der Waals surface area contributed by atoms with Crippen LogP contribution in [0.4, 0.5) is 0 Å². The molecule has 0 saturated carbocycles. The highest BCUT2D eigenvalue weighted by Gasteiger charge is 2.26. The first-order valence-corrected chi connectivity index (χ1v) is 11.5. The number of carbonyl (C=O) groups is 1. The number of benzene rings is 1. The van der Waals surface area contributed by atoms with Gasteiger partial charge in [0.1, 0.15) is 11.9 Å². The Morgan fingerprint density at radius 3 is 2.48 bits per heavy atom. The Labute approximate surface area is 205 Å². The van der Waals surface area contributed by atoms with Gasteiger partial charge in [0.25, 0.3) is 0 Å². The van der Waals surface area contributed by atoms with Gasteiger partial charge in [-0.25, -0.2) is 4.99 Å². The van der Waals surface area contributed by atoms with Crippen molar-refractivity contribution in [1.29, 1.82) is 0 Å². The quantitative estimate of drug-likeness (QED) is 0.276. The third kappa shape index (κ3) is 9.25. The van der Waals surface area contributed by atoms with Crippen LogP contribution < -0.4 is 15.4 Å². The molecule has 7 heteroatoms. The van der Waals surface area contributed by atoms with Gasteiger partial charge in [0.05, 0.1) is 6.54 Å². The summed E-state index contributed by atoms with van der Waals surface area (Å²) in [4.78, 5) is 19.4. The van der Waals surface area contributed by atoms with Crippen molar-refractivity contribution in [1.82, 2.24) is 15.5 Å². The molecular weight excluding hydrogens is 503 g/mol. The molecule has 2 rings (SSSR count). The highest BCUT2D eigenvalue weighted by molar-refractivity contribution is 14.0. The molecule has 0 aliphatic carbocycles. The first kappa shape index (κ1) is 27.5. The maximum atomic E-state index is 12.6. The molecule has 1 amide bonds. The molecule has 2 N–H and O–H groups in total. The van der Waals surface area contributed by atoms with E-state index in [1.807, 2.05) is 30.0 Å². The van der Waals surface area contributed by atoms with Gasteiger partial charge in [-0.2, -0.15) is 0 Å². The number of piperidine rings is 1. The summed E-state index contributed by atoms with van der Waals surface area (Å²) in [5, 5.41) is 6.88. The first-order chi connectivity index (χ1) is 14.5. The Hall–Kier alpha value is -1.51. The van der Waals surface area contributed by atoms with Gasteiger partial charge in [-0.05, 0) is 64.2 Å². The first-order valence-electron chi connectivity index (χ1n) is 11.5. The maximum absolute atomic E-state index is 12.6. The number of hydrogen-bond donors (Lipinski definition) is 2. The number of amides is 1. The van der Waals surface area contributed by atoms with Crippen LogP contribution in [0.3, 0.4) is 0 Å². The third-order valence-corrected chi connectivity index (χ3v) is 5.66. The van der Waals surface area contributed by atoms with Crippen LogP contribution in [0.5, 0.6) is 5.75 Å². The van der Waals surface area contributed by atoms with E-state index in [2.05, 4.69) is 44.4 Å². The summed E-state index contributed by atoms with van der Waals surface area (Å²) in [7, 11) is 0. The van der Waals surface area contributed by atoms with E-state index in [0.717, 1.165) is 57.0 Å². The van der Waals surface area contributed by atoms with Crippen LogP contribution in [0.25, 0.3) is 0 Å². The zero-order valence-corrected chi connectivity index (χ0v) is 22.1. The zero-order valence-electron chi connectivity index (χ0n) is 19.8. The van der Waals surface area contributed by atoms with Gasteiger partial charge < -0.3 is 20.3 Å². The van der Waals surface area contributed by atoms with Crippen molar-refractivity contribution in [2.45, 2.75) is 72.4 Å². The molecule has 6 nitrogen and oxygen atoms in total. The summed E-state index contributed by atoms with van der Waals surface area (Å²) in [6.07, 6.45) is 3.74. The second-order valence-corrected chi connectivity index (χ2v) is 8.22. The molecule has 176 valence electrons. The Morgan fingerprint density at radius 1 is 1.23 bits per heavy atom. The van der Waals surface area contributed by atoms with Gasteiger partial charge in [-0.15, -0.1) is 24.0 Å². The lowest BCUT2D eigenvalue weighted by Gasteiger charge is -2.35. The van der Waals surface area contributed by atoms with Crippen molar-refractivity contribution >= 4 is 35.8 Å². The van der Waals surface area contributed by atoms with E-state index in [4.69, 9.17) is 9.73 Å². The van der Waals surface area contributed by atoms with Gasteiger partial charge in [0.2, 0.25) is 5.91 Å². The van der Waals surface area contributed by atoms with Crippen molar-refractivity contribution in [3.05, 3.63) is 29.8 Å². The van der Waals surface area contributed by atoms with E-state index in [-0.39, 0.29) is 36.0 Å². The molecular formula is C24H41IN4O2. The molecule has 1 unspecified atom stereocenters. The standard InChI is InChI=1S/C24H40N4O2.HI/c1-6-20(7-2)23(29)28-14-12-21(13-15-28)27-24(25-8-3)26-17-19(5)30-22-11-9-10-18(4)16-22;/h9-11,16,19-21H,6-8,12-15,17H2,1-5H3,(H2,25,26,27);1H. The average Bonchev–Trinajstić information content (AvgIpc) is 2.73. The molecule has 1 atom stereocenters. The molecule has 0 spiro atoms. The van der Waals surface area contributed by atoms with Gasteiger partial charge in [0, 0.05) is 31.6 Å². The lowest BCUT2D eigenvalue weighted by atomic mass is 9.98. The number of aryl methyl sites for hydroxylation is 1. The number of carbonyl (C=O) groups excluding carboxylic acids is 1. The second-order valence-electron chi connectivity index (χ2n) is 8.22. The number of nitrogens with one attached hydrogen (secondary N) is 2. The monoisotopic (exact) mass is 544 g/mol. The van der Waals surface area contributed by atoms with Crippen LogP contribution in [0.2, 0.25) is 0 Å². The topological polar surface area (TPSA) is 66.0 Å². The minimum absolute atomic E-state index is 0. The van der Waals surface area contributed by atoms with E-state index >= 15 is 0 Å². The molecule has 1 saturated heterocycles. The van der Waals surface area contributed by atoms with Crippen molar-refractivity contribution in [3.8, 4) is 5.75 Å². The van der Waals surface area contributed by atoms with Crippen LogP contribution in [-0.4, -0.2) is 55.1 Å². The minimum atomic E-state index is -0.0123. The highest BCUT2D eigenvalue weighted by Crippen LogP contribution is 2.17. The molecule has 1 aromatic carbocycles. The van der Waals surface area contributed by atoms with Crippen molar-refractivity contribution < 1.29 is 9.53 Å². The van der Waals surface area contributed by atoms with Gasteiger partial charge >= 0.3 is 0 Å². The number of nitrogens with zero attached hydrogens (tertiary/aromatic N) is 2.